The first-order valence-electron chi connectivity index (χ1n) is 4.55. The smallest absolute Gasteiger partial charge is 0.384 e. The van der Waals surface area contributed by atoms with E-state index in [0.29, 0.717) is 0 Å². The second-order valence-corrected chi connectivity index (χ2v) is 3.82. The predicted molar refractivity (Wildman–Crippen MR) is 58.4 cm³/mol. The lowest BCUT2D eigenvalue weighted by Gasteiger charge is -2.12. The maximum absolute atomic E-state index is 12.8. The van der Waals surface area contributed by atoms with Crippen LogP contribution in [0.3, 0.4) is 0 Å². The molecule has 90 valence electrons. The van der Waals surface area contributed by atoms with Crippen LogP contribution in [0.4, 0.5) is 19.0 Å². The molecule has 0 amide bonds. The predicted octanol–water partition coefficient (Wildman–Crippen LogP) is 3.33. The first-order chi connectivity index (χ1) is 7.89. The quantitative estimate of drug-likeness (QED) is 0.827. The van der Waals surface area contributed by atoms with Gasteiger partial charge < -0.3 is 5.73 Å². The first-order valence-corrected chi connectivity index (χ1v) is 4.93. The van der Waals surface area contributed by atoms with Gasteiger partial charge >= 0.3 is 6.18 Å². The number of hydrogen-bond donors (Lipinski definition) is 2. The Morgan fingerprint density at radius 2 is 1.94 bits per heavy atom. The number of nitrogens with two attached hydrogens (primary N) is 1. The summed E-state index contributed by atoms with van der Waals surface area (Å²) in [7, 11) is 0. The van der Waals surface area contributed by atoms with Crippen LogP contribution in [0.15, 0.2) is 24.4 Å². The summed E-state index contributed by atoms with van der Waals surface area (Å²) in [4.78, 5) is 0. The second-order valence-electron chi connectivity index (χ2n) is 3.39. The Bertz CT molecular complexity index is 548. The maximum atomic E-state index is 12.8. The van der Waals surface area contributed by atoms with Gasteiger partial charge in [-0.15, -0.1) is 0 Å². The SMILES string of the molecule is Nc1[nH]ncc1-c1ccc(Cl)cc1C(F)(F)F. The molecule has 0 radical (unpaired) electrons. The Labute approximate surface area is 99.4 Å². The number of nitrogens with one attached hydrogen (secondary N) is 1. The highest BCUT2D eigenvalue weighted by atomic mass is 35.5. The summed E-state index contributed by atoms with van der Waals surface area (Å²) in [6, 6.07) is 3.51. The van der Waals surface area contributed by atoms with E-state index >= 15 is 0 Å². The topological polar surface area (TPSA) is 54.7 Å². The Balaban J connectivity index is 2.67. The molecule has 7 heteroatoms. The molecule has 1 aromatic heterocycles. The number of rotatable bonds is 1. The molecule has 2 rings (SSSR count). The second kappa shape index (κ2) is 3.96. The lowest BCUT2D eigenvalue weighted by atomic mass is 10.0. The van der Waals surface area contributed by atoms with Gasteiger partial charge in [0, 0.05) is 10.6 Å². The zero-order valence-electron chi connectivity index (χ0n) is 8.35. The summed E-state index contributed by atoms with van der Waals surface area (Å²) in [5.74, 6) is 0.0813. The molecule has 0 bridgehead atoms. The van der Waals surface area contributed by atoms with E-state index in [1.165, 1.54) is 18.3 Å². The molecule has 0 aliphatic heterocycles. The third-order valence-corrected chi connectivity index (χ3v) is 2.48. The lowest BCUT2D eigenvalue weighted by Crippen LogP contribution is -2.07. The van der Waals surface area contributed by atoms with Crippen LogP contribution >= 0.6 is 11.6 Å². The molecular formula is C10H7ClF3N3. The maximum Gasteiger partial charge on any atom is 0.417 e. The summed E-state index contributed by atoms with van der Waals surface area (Å²) in [5, 5.41) is 6.00. The Kier molecular flexibility index (Phi) is 2.74. The van der Waals surface area contributed by atoms with Crippen molar-refractivity contribution in [3.8, 4) is 11.1 Å². The zero-order valence-corrected chi connectivity index (χ0v) is 9.10. The van der Waals surface area contributed by atoms with Crippen molar-refractivity contribution in [2.75, 3.05) is 5.73 Å². The third kappa shape index (κ3) is 2.21. The summed E-state index contributed by atoms with van der Waals surface area (Å²) >= 11 is 5.57. The monoisotopic (exact) mass is 261 g/mol. The van der Waals surface area contributed by atoms with Crippen LogP contribution in [0, 0.1) is 0 Å². The van der Waals surface area contributed by atoms with E-state index < -0.39 is 11.7 Å². The molecule has 3 N–H and O–H groups in total. The van der Waals surface area contributed by atoms with E-state index in [9.17, 15) is 13.2 Å². The van der Waals surface area contributed by atoms with Gasteiger partial charge in [0.15, 0.2) is 0 Å². The average molecular weight is 262 g/mol. The Morgan fingerprint density at radius 3 is 2.47 bits per heavy atom. The molecule has 0 saturated carbocycles. The number of anilines is 1. The van der Waals surface area contributed by atoms with Crippen LogP contribution in [-0.2, 0) is 6.18 Å². The number of H-pyrrole nitrogens is 1. The van der Waals surface area contributed by atoms with E-state index in [2.05, 4.69) is 10.2 Å². The van der Waals surface area contributed by atoms with Crippen molar-refractivity contribution < 1.29 is 13.2 Å². The fourth-order valence-electron chi connectivity index (χ4n) is 1.50. The number of halogens is 4. The highest BCUT2D eigenvalue weighted by molar-refractivity contribution is 6.30. The van der Waals surface area contributed by atoms with E-state index in [1.807, 2.05) is 0 Å². The highest BCUT2D eigenvalue weighted by Gasteiger charge is 2.34. The largest absolute Gasteiger partial charge is 0.417 e. The molecule has 0 fully saturated rings. The van der Waals surface area contributed by atoms with Crippen LogP contribution in [-0.4, -0.2) is 10.2 Å². The average Bonchev–Trinajstić information content (AvgIpc) is 2.63. The van der Waals surface area contributed by atoms with Crippen molar-refractivity contribution in [2.45, 2.75) is 6.18 Å². The standard InChI is InChI=1S/C10H7ClF3N3/c11-5-1-2-6(7-4-16-17-9(7)15)8(3-5)10(12,13)14/h1-4H,(H3,15,16,17). The summed E-state index contributed by atoms with van der Waals surface area (Å²) < 4.78 is 38.5. The first kappa shape index (κ1) is 11.8. The van der Waals surface area contributed by atoms with E-state index in [0.717, 1.165) is 6.07 Å². The van der Waals surface area contributed by atoms with Crippen molar-refractivity contribution in [1.82, 2.24) is 10.2 Å². The molecule has 0 aliphatic carbocycles. The molecule has 0 spiro atoms. The van der Waals surface area contributed by atoms with Crippen molar-refractivity contribution in [1.29, 1.82) is 0 Å². The number of aromatic nitrogens is 2. The fourth-order valence-corrected chi connectivity index (χ4v) is 1.67. The minimum Gasteiger partial charge on any atom is -0.384 e. The van der Waals surface area contributed by atoms with E-state index in [1.54, 1.807) is 0 Å². The summed E-state index contributed by atoms with van der Waals surface area (Å²) in [6.45, 7) is 0. The van der Waals surface area contributed by atoms with Crippen molar-refractivity contribution in [3.63, 3.8) is 0 Å². The molecule has 2 aromatic rings. The molecule has 1 heterocycles. The molecule has 3 nitrogen and oxygen atoms in total. The van der Waals surface area contributed by atoms with Gasteiger partial charge in [-0.1, -0.05) is 17.7 Å². The number of nitrogen functional groups attached to an aromatic ring is 1. The molecule has 1 aromatic carbocycles. The number of benzene rings is 1. The fraction of sp³-hybridized carbons (Fsp3) is 0.100. The van der Waals surface area contributed by atoms with Crippen molar-refractivity contribution >= 4 is 17.4 Å². The molecule has 17 heavy (non-hydrogen) atoms. The molecule has 0 saturated heterocycles. The van der Waals surface area contributed by atoms with Gasteiger partial charge in [0.05, 0.1) is 11.8 Å². The zero-order chi connectivity index (χ0) is 12.6. The number of nitrogens with zero attached hydrogens (tertiary/aromatic N) is 1. The van der Waals surface area contributed by atoms with Gasteiger partial charge in [-0.3, -0.25) is 5.10 Å². The molecule has 0 aliphatic rings. The van der Waals surface area contributed by atoms with Crippen LogP contribution < -0.4 is 5.73 Å². The summed E-state index contributed by atoms with van der Waals surface area (Å²) in [5.41, 5.74) is 4.82. The minimum absolute atomic E-state index is 0.0168. The van der Waals surface area contributed by atoms with Gasteiger partial charge in [-0.2, -0.15) is 18.3 Å². The van der Waals surface area contributed by atoms with Gasteiger partial charge in [0.2, 0.25) is 0 Å². The summed E-state index contributed by atoms with van der Waals surface area (Å²) in [6.07, 6.45) is -3.25. The van der Waals surface area contributed by atoms with E-state index in [-0.39, 0.29) is 22.0 Å². The van der Waals surface area contributed by atoms with Gasteiger partial charge in [-0.25, -0.2) is 0 Å². The molecular weight excluding hydrogens is 255 g/mol. The van der Waals surface area contributed by atoms with Crippen LogP contribution in [0.25, 0.3) is 11.1 Å². The highest BCUT2D eigenvalue weighted by Crippen LogP contribution is 2.39. The minimum atomic E-state index is -4.50. The Morgan fingerprint density at radius 1 is 1.24 bits per heavy atom. The van der Waals surface area contributed by atoms with Crippen LogP contribution in [0.2, 0.25) is 5.02 Å². The van der Waals surface area contributed by atoms with Crippen LogP contribution in [0.1, 0.15) is 5.56 Å². The van der Waals surface area contributed by atoms with Crippen LogP contribution in [0.5, 0.6) is 0 Å². The normalized spacial score (nSPS) is 11.8. The van der Waals surface area contributed by atoms with E-state index in [4.69, 9.17) is 17.3 Å². The third-order valence-electron chi connectivity index (χ3n) is 2.25. The number of aromatic amines is 1. The van der Waals surface area contributed by atoms with Gasteiger partial charge in [0.25, 0.3) is 0 Å². The van der Waals surface area contributed by atoms with Crippen molar-refractivity contribution in [2.24, 2.45) is 0 Å². The molecule has 0 atom stereocenters. The molecule has 0 unspecified atom stereocenters. The lowest BCUT2D eigenvalue weighted by molar-refractivity contribution is -0.137. The number of alkyl halides is 3. The van der Waals surface area contributed by atoms with Gasteiger partial charge in [0.1, 0.15) is 5.82 Å². The van der Waals surface area contributed by atoms with Crippen molar-refractivity contribution in [3.05, 3.63) is 35.0 Å². The Hall–Kier alpha value is -1.69. The van der Waals surface area contributed by atoms with Gasteiger partial charge in [-0.05, 0) is 17.7 Å². The number of hydrogen-bond acceptors (Lipinski definition) is 2.